The normalized spacial score (nSPS) is 11.0. The van der Waals surface area contributed by atoms with Crippen molar-refractivity contribution in [1.29, 1.82) is 0 Å². The Labute approximate surface area is 201 Å². The predicted molar refractivity (Wildman–Crippen MR) is 140 cm³/mol. The van der Waals surface area contributed by atoms with E-state index >= 15 is 0 Å². The molecule has 1 heterocycles. The van der Waals surface area contributed by atoms with E-state index in [1.807, 2.05) is 19.1 Å². The lowest BCUT2D eigenvalue weighted by molar-refractivity contribution is -0.142. The molecule has 2 aromatic rings. The molecule has 9 heteroatoms. The van der Waals surface area contributed by atoms with Gasteiger partial charge in [0.2, 0.25) is 0 Å². The number of carbonyl (C=O) groups is 1. The fourth-order valence-corrected chi connectivity index (χ4v) is 3.14. The second-order valence-corrected chi connectivity index (χ2v) is 7.42. The number of hydrogen-bond donors (Lipinski definition) is 4. The van der Waals surface area contributed by atoms with Crippen LogP contribution in [-0.2, 0) is 16.0 Å². The molecule has 34 heavy (non-hydrogen) atoms. The van der Waals surface area contributed by atoms with Gasteiger partial charge in [-0.1, -0.05) is 24.8 Å². The number of esters is 1. The average molecular weight is 466 g/mol. The molecule has 0 spiro atoms. The number of aliphatic imine (C=N–C) groups is 1. The molecule has 9 nitrogen and oxygen atoms in total. The first kappa shape index (κ1) is 26.5. The van der Waals surface area contributed by atoms with E-state index in [1.165, 1.54) is 5.56 Å². The number of nitrogens with zero attached hydrogens (tertiary/aromatic N) is 3. The number of nitrogens with one attached hydrogen (secondary N) is 3. The lowest BCUT2D eigenvalue weighted by atomic mass is 10.1. The SMILES string of the molecule is C=N/C(=C\C)c1nc(NCCC(=O)OCC)cc(NCCc2cccc(NC(=C)CCN)c2)n1. The molecule has 0 saturated heterocycles. The first-order valence-corrected chi connectivity index (χ1v) is 11.4. The Hall–Kier alpha value is -3.72. The zero-order valence-corrected chi connectivity index (χ0v) is 20.1. The molecule has 0 fully saturated rings. The van der Waals surface area contributed by atoms with Gasteiger partial charge in [0, 0.05) is 30.5 Å². The molecule has 5 N–H and O–H groups in total. The number of aromatic nitrogens is 2. The van der Waals surface area contributed by atoms with Crippen molar-refractivity contribution in [2.24, 2.45) is 10.7 Å². The molecule has 0 aliphatic carbocycles. The van der Waals surface area contributed by atoms with Crippen molar-refractivity contribution in [2.45, 2.75) is 33.1 Å². The van der Waals surface area contributed by atoms with Crippen LogP contribution in [0.1, 0.15) is 38.1 Å². The van der Waals surface area contributed by atoms with Gasteiger partial charge in [-0.25, -0.2) is 9.97 Å². The minimum absolute atomic E-state index is 0.244. The highest BCUT2D eigenvalue weighted by Gasteiger charge is 2.09. The highest BCUT2D eigenvalue weighted by Crippen LogP contribution is 2.19. The van der Waals surface area contributed by atoms with E-state index in [2.05, 4.69) is 56.3 Å². The summed E-state index contributed by atoms with van der Waals surface area (Å²) in [6, 6.07) is 9.99. The molecule has 1 aromatic carbocycles. The Morgan fingerprint density at radius 1 is 1.18 bits per heavy atom. The third-order valence-electron chi connectivity index (χ3n) is 4.75. The fraction of sp³-hybridized carbons (Fsp3) is 0.360. The van der Waals surface area contributed by atoms with Crippen molar-refractivity contribution in [3.8, 4) is 0 Å². The van der Waals surface area contributed by atoms with Gasteiger partial charge in [0.1, 0.15) is 17.3 Å². The van der Waals surface area contributed by atoms with Gasteiger partial charge in [-0.05, 0) is 57.6 Å². The number of carbonyl (C=O) groups excluding carboxylic acids is 1. The lowest BCUT2D eigenvalue weighted by Crippen LogP contribution is -2.14. The first-order valence-electron chi connectivity index (χ1n) is 11.4. The molecular weight excluding hydrogens is 430 g/mol. The van der Waals surface area contributed by atoms with Crippen molar-refractivity contribution >= 4 is 35.7 Å². The van der Waals surface area contributed by atoms with Crippen molar-refractivity contribution < 1.29 is 9.53 Å². The predicted octanol–water partition coefficient (Wildman–Crippen LogP) is 3.83. The largest absolute Gasteiger partial charge is 0.466 e. The summed E-state index contributed by atoms with van der Waals surface area (Å²) >= 11 is 0. The summed E-state index contributed by atoms with van der Waals surface area (Å²) in [6.07, 6.45) is 3.56. The van der Waals surface area contributed by atoms with Crippen LogP contribution in [0.5, 0.6) is 0 Å². The molecule has 182 valence electrons. The van der Waals surface area contributed by atoms with Gasteiger partial charge in [-0.3, -0.25) is 9.79 Å². The molecule has 0 saturated carbocycles. The molecule has 2 rings (SSSR count). The van der Waals surface area contributed by atoms with Gasteiger partial charge in [0.15, 0.2) is 5.82 Å². The van der Waals surface area contributed by atoms with E-state index in [9.17, 15) is 4.79 Å². The summed E-state index contributed by atoms with van der Waals surface area (Å²) in [5.41, 5.74) is 9.21. The molecule has 0 radical (unpaired) electrons. The second kappa shape index (κ2) is 14.4. The van der Waals surface area contributed by atoms with E-state index in [-0.39, 0.29) is 12.4 Å². The summed E-state index contributed by atoms with van der Waals surface area (Å²) < 4.78 is 4.97. The number of hydrogen-bond acceptors (Lipinski definition) is 9. The molecule has 0 atom stereocenters. The standard InChI is InChI=1S/C25H35N7O2/c1-5-21(27-4)25-31-22(17-23(32-25)29-15-12-24(33)34-6-2)28-14-11-19-8-7-9-20(16-19)30-18(3)10-13-26/h5,7-9,16-17,30H,3-4,6,10-15,26H2,1-2H3,(H2,28,29,31,32)/b21-5-. The Kier molecular flexibility index (Phi) is 11.3. The van der Waals surface area contributed by atoms with Crippen LogP contribution in [-0.4, -0.2) is 48.9 Å². The summed E-state index contributed by atoms with van der Waals surface area (Å²) in [6.45, 7) is 13.2. The molecule has 0 aliphatic rings. The van der Waals surface area contributed by atoms with Crippen LogP contribution in [0.25, 0.3) is 5.70 Å². The Morgan fingerprint density at radius 2 is 1.91 bits per heavy atom. The minimum Gasteiger partial charge on any atom is -0.466 e. The fourth-order valence-electron chi connectivity index (χ4n) is 3.14. The number of nitrogens with two attached hydrogens (primary N) is 1. The number of ether oxygens (including phenoxy) is 1. The van der Waals surface area contributed by atoms with Gasteiger partial charge in [0.05, 0.1) is 13.0 Å². The molecule has 0 unspecified atom stereocenters. The van der Waals surface area contributed by atoms with E-state index in [0.29, 0.717) is 49.4 Å². The highest BCUT2D eigenvalue weighted by atomic mass is 16.5. The van der Waals surface area contributed by atoms with Gasteiger partial charge >= 0.3 is 5.97 Å². The maximum absolute atomic E-state index is 11.6. The van der Waals surface area contributed by atoms with E-state index in [0.717, 1.165) is 24.2 Å². The number of benzene rings is 1. The van der Waals surface area contributed by atoms with E-state index in [4.69, 9.17) is 10.5 Å². The maximum Gasteiger partial charge on any atom is 0.307 e. The van der Waals surface area contributed by atoms with Crippen LogP contribution >= 0.6 is 0 Å². The first-order chi connectivity index (χ1) is 16.5. The van der Waals surface area contributed by atoms with Gasteiger partial charge in [-0.15, -0.1) is 0 Å². The van der Waals surface area contributed by atoms with Crippen molar-refractivity contribution in [1.82, 2.24) is 9.97 Å². The molecule has 0 amide bonds. The van der Waals surface area contributed by atoms with Crippen molar-refractivity contribution in [3.05, 3.63) is 60.1 Å². The van der Waals surface area contributed by atoms with Crippen LogP contribution in [0.4, 0.5) is 17.3 Å². The van der Waals surface area contributed by atoms with Gasteiger partial charge in [0.25, 0.3) is 0 Å². The van der Waals surface area contributed by atoms with Gasteiger partial charge < -0.3 is 26.4 Å². The van der Waals surface area contributed by atoms with Crippen LogP contribution in [0.15, 0.2) is 53.7 Å². The Bertz CT molecular complexity index is 1000. The topological polar surface area (TPSA) is 127 Å². The van der Waals surface area contributed by atoms with Crippen LogP contribution in [0, 0.1) is 0 Å². The monoisotopic (exact) mass is 465 g/mol. The zero-order valence-electron chi connectivity index (χ0n) is 20.1. The van der Waals surface area contributed by atoms with Crippen LogP contribution in [0.3, 0.4) is 0 Å². The summed E-state index contributed by atoms with van der Waals surface area (Å²) in [5, 5.41) is 9.79. The number of rotatable bonds is 15. The summed E-state index contributed by atoms with van der Waals surface area (Å²) in [5.74, 6) is 1.43. The summed E-state index contributed by atoms with van der Waals surface area (Å²) in [7, 11) is 0. The highest BCUT2D eigenvalue weighted by molar-refractivity contribution is 5.70. The number of allylic oxidation sites excluding steroid dienone is 1. The second-order valence-electron chi connectivity index (χ2n) is 7.42. The minimum atomic E-state index is -0.257. The lowest BCUT2D eigenvalue weighted by Gasteiger charge is -2.12. The van der Waals surface area contributed by atoms with Crippen molar-refractivity contribution in [3.63, 3.8) is 0 Å². The van der Waals surface area contributed by atoms with Crippen LogP contribution < -0.4 is 21.7 Å². The van der Waals surface area contributed by atoms with Crippen molar-refractivity contribution in [2.75, 3.05) is 42.2 Å². The Balaban J connectivity index is 2.04. The van der Waals surface area contributed by atoms with Crippen LogP contribution in [0.2, 0.25) is 0 Å². The smallest absolute Gasteiger partial charge is 0.307 e. The van der Waals surface area contributed by atoms with E-state index < -0.39 is 0 Å². The quantitative estimate of drug-likeness (QED) is 0.231. The maximum atomic E-state index is 11.6. The molecule has 0 aliphatic heterocycles. The average Bonchev–Trinajstić information content (AvgIpc) is 2.80. The zero-order chi connectivity index (χ0) is 24.8. The molecule has 0 bridgehead atoms. The third-order valence-corrected chi connectivity index (χ3v) is 4.75. The molecular formula is C25H35N7O2. The number of anilines is 3. The van der Waals surface area contributed by atoms with Gasteiger partial charge in [-0.2, -0.15) is 0 Å². The Morgan fingerprint density at radius 3 is 2.56 bits per heavy atom. The summed E-state index contributed by atoms with van der Waals surface area (Å²) in [4.78, 5) is 24.7. The molecule has 1 aromatic heterocycles. The third kappa shape index (κ3) is 9.03. The van der Waals surface area contributed by atoms with E-state index in [1.54, 1.807) is 19.1 Å².